The fraction of sp³-hybridized carbons (Fsp3) is 0.231. The molecule has 0 aromatic heterocycles. The Morgan fingerprint density at radius 2 is 2.05 bits per heavy atom. The van der Waals surface area contributed by atoms with Gasteiger partial charge in [-0.1, -0.05) is 29.8 Å². The number of hydrogen-bond donors (Lipinski definition) is 2. The summed E-state index contributed by atoms with van der Waals surface area (Å²) in [5, 5.41) is 4.37. The molecule has 0 bridgehead atoms. The van der Waals surface area contributed by atoms with Crippen molar-refractivity contribution in [1.82, 2.24) is 10.6 Å². The molecule has 0 amide bonds. The molecule has 2 rings (SSSR count). The molecule has 2 N–H and O–H groups in total. The molecule has 1 aliphatic rings. The first-order valence-corrected chi connectivity index (χ1v) is 6.47. The van der Waals surface area contributed by atoms with Crippen molar-refractivity contribution in [1.29, 1.82) is 0 Å². The molecule has 9 heteroatoms. The first-order valence-electron chi connectivity index (χ1n) is 6.09. The Morgan fingerprint density at radius 1 is 1.36 bits per heavy atom. The van der Waals surface area contributed by atoms with Crippen LogP contribution in [-0.4, -0.2) is 29.6 Å². The number of guanidine groups is 1. The topological polar surface area (TPSA) is 62.7 Å². The Hall–Kier alpha value is -2.22. The summed E-state index contributed by atoms with van der Waals surface area (Å²) in [4.78, 5) is 12.4. The van der Waals surface area contributed by atoms with Crippen LogP contribution in [0, 0.1) is 0 Å². The number of alkyl halides is 4. The lowest BCUT2D eigenvalue weighted by molar-refractivity contribution is -0.154. The fourth-order valence-electron chi connectivity index (χ4n) is 1.53. The molecule has 0 spiro atoms. The molecule has 0 saturated carbocycles. The molecule has 0 saturated heterocycles. The molecule has 22 heavy (non-hydrogen) atoms. The number of carbonyl (C=O) groups is 1. The van der Waals surface area contributed by atoms with Crippen LogP contribution >= 0.6 is 11.6 Å². The van der Waals surface area contributed by atoms with Crippen LogP contribution < -0.4 is 15.4 Å². The lowest BCUT2D eigenvalue weighted by Gasteiger charge is -2.30. The highest BCUT2D eigenvalue weighted by Gasteiger charge is 2.53. The number of nitrogens with zero attached hydrogens (tertiary/aromatic N) is 1. The predicted molar refractivity (Wildman–Crippen MR) is 74.4 cm³/mol. The van der Waals surface area contributed by atoms with E-state index >= 15 is 0 Å². The number of rotatable bonds is 3. The maximum atomic E-state index is 12.8. The van der Waals surface area contributed by atoms with Crippen molar-refractivity contribution in [2.24, 2.45) is 4.99 Å². The fourth-order valence-corrected chi connectivity index (χ4v) is 1.67. The van der Waals surface area contributed by atoms with Gasteiger partial charge in [-0.15, -0.1) is 0 Å². The highest BCUT2D eigenvalue weighted by Crippen LogP contribution is 2.36. The van der Waals surface area contributed by atoms with Gasteiger partial charge in [0.05, 0.1) is 0 Å². The Labute approximate surface area is 128 Å². The molecule has 0 radical (unpaired) electrons. The summed E-state index contributed by atoms with van der Waals surface area (Å²) < 4.78 is 43.3. The SMILES string of the molecule is O=C(CNC1=NC=CC(Cl)(C(F)(F)F)N1)Oc1ccccc1. The molecule has 0 aliphatic carbocycles. The van der Waals surface area contributed by atoms with Crippen molar-refractivity contribution >= 4 is 23.5 Å². The highest BCUT2D eigenvalue weighted by atomic mass is 35.5. The van der Waals surface area contributed by atoms with Gasteiger partial charge in [0.1, 0.15) is 12.3 Å². The maximum absolute atomic E-state index is 12.8. The van der Waals surface area contributed by atoms with Gasteiger partial charge in [-0.25, -0.2) is 9.79 Å². The molecule has 1 atom stereocenters. The molecule has 1 aromatic carbocycles. The van der Waals surface area contributed by atoms with E-state index in [0.29, 0.717) is 11.8 Å². The highest BCUT2D eigenvalue weighted by molar-refractivity contribution is 6.27. The van der Waals surface area contributed by atoms with E-state index in [4.69, 9.17) is 16.3 Å². The lowest BCUT2D eigenvalue weighted by atomic mass is 10.2. The summed E-state index contributed by atoms with van der Waals surface area (Å²) in [6.07, 6.45) is -3.15. The Kier molecular flexibility index (Phi) is 4.60. The van der Waals surface area contributed by atoms with Gasteiger partial charge in [-0.2, -0.15) is 13.2 Å². The van der Waals surface area contributed by atoms with Crippen molar-refractivity contribution in [3.8, 4) is 5.75 Å². The van der Waals surface area contributed by atoms with Gasteiger partial charge in [0.15, 0.2) is 5.96 Å². The number of ether oxygens (including phenoxy) is 1. The van der Waals surface area contributed by atoms with Crippen LogP contribution in [0.15, 0.2) is 47.6 Å². The van der Waals surface area contributed by atoms with E-state index in [2.05, 4.69) is 10.3 Å². The van der Waals surface area contributed by atoms with Gasteiger partial charge in [0.2, 0.25) is 5.00 Å². The number of halogens is 4. The minimum absolute atomic E-state index is 0.278. The van der Waals surface area contributed by atoms with Crippen molar-refractivity contribution < 1.29 is 22.7 Å². The predicted octanol–water partition coefficient (Wildman–Crippen LogP) is 2.15. The second-order valence-corrected chi connectivity index (χ2v) is 4.86. The molecular weight excluding hydrogens is 323 g/mol. The smallest absolute Gasteiger partial charge is 0.425 e. The van der Waals surface area contributed by atoms with Gasteiger partial charge in [0.25, 0.3) is 0 Å². The second kappa shape index (κ2) is 6.27. The van der Waals surface area contributed by atoms with Crippen LogP contribution in [0.2, 0.25) is 0 Å². The Balaban J connectivity index is 1.88. The second-order valence-electron chi connectivity index (χ2n) is 4.27. The maximum Gasteiger partial charge on any atom is 0.429 e. The van der Waals surface area contributed by atoms with Crippen molar-refractivity contribution in [3.63, 3.8) is 0 Å². The molecule has 5 nitrogen and oxygen atoms in total. The average Bonchev–Trinajstić information content (AvgIpc) is 2.45. The lowest BCUT2D eigenvalue weighted by Crippen LogP contribution is -2.58. The van der Waals surface area contributed by atoms with E-state index in [1.165, 1.54) is 0 Å². The first kappa shape index (κ1) is 16.2. The van der Waals surface area contributed by atoms with Gasteiger partial charge in [-0.05, 0) is 18.2 Å². The van der Waals surface area contributed by atoms with Crippen molar-refractivity contribution in [3.05, 3.63) is 42.6 Å². The zero-order chi connectivity index (χ0) is 16.2. The number of carbonyl (C=O) groups excluding carboxylic acids is 1. The molecule has 118 valence electrons. The van der Waals surface area contributed by atoms with E-state index in [0.717, 1.165) is 6.20 Å². The van der Waals surface area contributed by atoms with Crippen LogP contribution in [0.4, 0.5) is 13.2 Å². The summed E-state index contributed by atoms with van der Waals surface area (Å²) in [5.41, 5.74) is 0. The number of benzene rings is 1. The summed E-state index contributed by atoms with van der Waals surface area (Å²) in [7, 11) is 0. The molecule has 1 heterocycles. The third kappa shape index (κ3) is 3.91. The largest absolute Gasteiger partial charge is 0.429 e. The third-order valence-corrected chi connectivity index (χ3v) is 3.03. The number of nitrogens with one attached hydrogen (secondary N) is 2. The van der Waals surface area contributed by atoms with Gasteiger partial charge in [0, 0.05) is 6.20 Å². The normalized spacial score (nSPS) is 20.8. The zero-order valence-corrected chi connectivity index (χ0v) is 11.8. The monoisotopic (exact) mass is 333 g/mol. The van der Waals surface area contributed by atoms with Crippen LogP contribution in [0.1, 0.15) is 0 Å². The minimum Gasteiger partial charge on any atom is -0.425 e. The Morgan fingerprint density at radius 3 is 2.68 bits per heavy atom. The van der Waals surface area contributed by atoms with Crippen LogP contribution in [0.3, 0.4) is 0 Å². The molecule has 1 unspecified atom stereocenters. The van der Waals surface area contributed by atoms with Crippen LogP contribution in [0.5, 0.6) is 5.75 Å². The summed E-state index contributed by atoms with van der Waals surface area (Å²) in [6.45, 7) is -0.376. The van der Waals surface area contributed by atoms with Gasteiger partial charge < -0.3 is 15.4 Å². The zero-order valence-electron chi connectivity index (χ0n) is 11.0. The number of esters is 1. The van der Waals surface area contributed by atoms with Gasteiger partial charge >= 0.3 is 12.1 Å². The standard InChI is InChI=1S/C13H11ClF3N3O2/c14-12(13(15,16)17)6-7-18-11(20-12)19-8-10(21)22-9-4-2-1-3-5-9/h1-7H,8H2,(H2,18,19,20). The number of aliphatic imine (C=N–C) groups is 1. The van der Waals surface area contributed by atoms with Crippen LogP contribution in [0.25, 0.3) is 0 Å². The summed E-state index contributed by atoms with van der Waals surface area (Å²) in [5.74, 6) is -0.632. The van der Waals surface area contributed by atoms with E-state index in [-0.39, 0.29) is 12.5 Å². The third-order valence-electron chi connectivity index (χ3n) is 2.60. The quantitative estimate of drug-likeness (QED) is 0.385. The van der Waals surface area contributed by atoms with E-state index in [9.17, 15) is 18.0 Å². The van der Waals surface area contributed by atoms with E-state index < -0.39 is 17.1 Å². The van der Waals surface area contributed by atoms with Gasteiger partial charge in [-0.3, -0.25) is 0 Å². The minimum atomic E-state index is -4.72. The molecule has 1 aliphatic heterocycles. The molecule has 1 aromatic rings. The first-order chi connectivity index (χ1) is 10.3. The number of para-hydroxylation sites is 1. The van der Waals surface area contributed by atoms with Crippen molar-refractivity contribution in [2.45, 2.75) is 11.2 Å². The number of hydrogen-bond acceptors (Lipinski definition) is 5. The van der Waals surface area contributed by atoms with Crippen molar-refractivity contribution in [2.75, 3.05) is 6.54 Å². The van der Waals surface area contributed by atoms with Crippen LogP contribution in [-0.2, 0) is 4.79 Å². The summed E-state index contributed by atoms with van der Waals surface area (Å²) in [6, 6.07) is 8.26. The van der Waals surface area contributed by atoms with E-state index in [1.54, 1.807) is 30.3 Å². The molecule has 0 fully saturated rings. The Bertz CT molecular complexity index is 604. The van der Waals surface area contributed by atoms with E-state index in [1.807, 2.05) is 5.32 Å². The summed E-state index contributed by atoms with van der Waals surface area (Å²) >= 11 is 5.43. The molecular formula is C13H11ClF3N3O2. The average molecular weight is 334 g/mol.